The van der Waals surface area contributed by atoms with Crippen molar-refractivity contribution in [2.45, 2.75) is 31.2 Å². The maximum atomic E-state index is 13.1. The van der Waals surface area contributed by atoms with Crippen molar-refractivity contribution in [2.24, 2.45) is 0 Å². The predicted octanol–water partition coefficient (Wildman–Crippen LogP) is 2.24. The van der Waals surface area contributed by atoms with Crippen LogP contribution in [0.2, 0.25) is 0 Å². The summed E-state index contributed by atoms with van der Waals surface area (Å²) in [6.07, 6.45) is 4.27. The van der Waals surface area contributed by atoms with Gasteiger partial charge in [0.1, 0.15) is 6.04 Å². The van der Waals surface area contributed by atoms with E-state index in [1.807, 2.05) is 0 Å². The monoisotopic (exact) mass is 172 g/mol. The van der Waals surface area contributed by atoms with Crippen LogP contribution in [0.4, 0.5) is 8.78 Å². The number of halogens is 2. The van der Waals surface area contributed by atoms with Gasteiger partial charge in [0, 0.05) is 18.8 Å². The van der Waals surface area contributed by atoms with Crippen LogP contribution in [0.3, 0.4) is 0 Å². The van der Waals surface area contributed by atoms with E-state index in [9.17, 15) is 8.78 Å². The summed E-state index contributed by atoms with van der Waals surface area (Å²) >= 11 is 0. The van der Waals surface area contributed by atoms with Gasteiger partial charge in [-0.2, -0.15) is 5.10 Å². The Bertz CT molecular complexity index is 256. The van der Waals surface area contributed by atoms with Gasteiger partial charge in [0.2, 0.25) is 0 Å². The van der Waals surface area contributed by atoms with Crippen LogP contribution in [0.5, 0.6) is 0 Å². The lowest BCUT2D eigenvalue weighted by Crippen LogP contribution is -2.25. The molecule has 1 aliphatic rings. The Kier molecular flexibility index (Phi) is 1.63. The zero-order valence-corrected chi connectivity index (χ0v) is 6.58. The third kappa shape index (κ3) is 1.11. The minimum absolute atomic E-state index is 0.00245. The van der Waals surface area contributed by atoms with Crippen LogP contribution in [-0.2, 0) is 0 Å². The molecule has 1 heterocycles. The third-order valence-electron chi connectivity index (χ3n) is 2.32. The van der Waals surface area contributed by atoms with Gasteiger partial charge >= 0.3 is 0 Å². The molecule has 1 aromatic rings. The molecule has 2 rings (SSSR count). The van der Waals surface area contributed by atoms with Gasteiger partial charge in [-0.3, -0.25) is 4.68 Å². The fraction of sp³-hybridized carbons (Fsp3) is 0.625. The molecule has 0 saturated heterocycles. The second-order valence-electron chi connectivity index (χ2n) is 3.16. The van der Waals surface area contributed by atoms with E-state index in [-0.39, 0.29) is 6.42 Å². The lowest BCUT2D eigenvalue weighted by molar-refractivity contribution is -0.0343. The summed E-state index contributed by atoms with van der Waals surface area (Å²) in [4.78, 5) is 0. The Labute approximate surface area is 69.2 Å². The Morgan fingerprint density at radius 2 is 2.33 bits per heavy atom. The van der Waals surface area contributed by atoms with Gasteiger partial charge in [0.25, 0.3) is 5.92 Å². The summed E-state index contributed by atoms with van der Waals surface area (Å²) < 4.78 is 27.6. The van der Waals surface area contributed by atoms with Gasteiger partial charge in [-0.25, -0.2) is 8.78 Å². The highest BCUT2D eigenvalue weighted by Gasteiger charge is 2.45. The summed E-state index contributed by atoms with van der Waals surface area (Å²) in [5.74, 6) is -2.56. The van der Waals surface area contributed by atoms with Crippen molar-refractivity contribution in [3.63, 3.8) is 0 Å². The smallest absolute Gasteiger partial charge is 0.264 e. The van der Waals surface area contributed by atoms with E-state index < -0.39 is 12.0 Å². The van der Waals surface area contributed by atoms with Crippen LogP contribution < -0.4 is 0 Å². The first-order chi connectivity index (χ1) is 5.70. The van der Waals surface area contributed by atoms with Crippen LogP contribution in [0, 0.1) is 0 Å². The second-order valence-corrected chi connectivity index (χ2v) is 3.16. The minimum Gasteiger partial charge on any atom is -0.264 e. The highest BCUT2D eigenvalue weighted by molar-refractivity contribution is 4.91. The molecule has 0 aliphatic heterocycles. The van der Waals surface area contributed by atoms with E-state index in [0.717, 1.165) is 0 Å². The topological polar surface area (TPSA) is 17.8 Å². The average molecular weight is 172 g/mol. The minimum atomic E-state index is -2.56. The first kappa shape index (κ1) is 7.71. The maximum Gasteiger partial charge on any atom is 0.270 e. The van der Waals surface area contributed by atoms with Crippen molar-refractivity contribution in [1.82, 2.24) is 9.78 Å². The molecule has 2 nitrogen and oxygen atoms in total. The van der Waals surface area contributed by atoms with Gasteiger partial charge < -0.3 is 0 Å². The highest BCUT2D eigenvalue weighted by Crippen LogP contribution is 2.42. The van der Waals surface area contributed by atoms with E-state index in [2.05, 4.69) is 5.10 Å². The molecule has 1 fully saturated rings. The maximum absolute atomic E-state index is 13.1. The molecule has 0 bridgehead atoms. The van der Waals surface area contributed by atoms with E-state index in [4.69, 9.17) is 0 Å². The van der Waals surface area contributed by atoms with Crippen molar-refractivity contribution in [3.8, 4) is 0 Å². The summed E-state index contributed by atoms with van der Waals surface area (Å²) in [5, 5.41) is 3.83. The number of hydrogen-bond donors (Lipinski definition) is 0. The fourth-order valence-electron chi connectivity index (χ4n) is 1.70. The van der Waals surface area contributed by atoms with Gasteiger partial charge in [-0.05, 0) is 18.9 Å². The molecule has 1 unspecified atom stereocenters. The predicted molar refractivity (Wildman–Crippen MR) is 40.1 cm³/mol. The van der Waals surface area contributed by atoms with Crippen molar-refractivity contribution in [3.05, 3.63) is 18.5 Å². The SMILES string of the molecule is FC1(F)CCCC1n1cccn1. The normalized spacial score (nSPS) is 27.7. The largest absolute Gasteiger partial charge is 0.270 e. The van der Waals surface area contributed by atoms with Crippen molar-refractivity contribution < 1.29 is 8.78 Å². The molecule has 66 valence electrons. The van der Waals surface area contributed by atoms with Crippen LogP contribution in [0.25, 0.3) is 0 Å². The molecule has 4 heteroatoms. The van der Waals surface area contributed by atoms with E-state index in [0.29, 0.717) is 12.8 Å². The number of nitrogens with zero attached hydrogens (tertiary/aromatic N) is 2. The standard InChI is InChI=1S/C8H10F2N2/c9-8(10)4-1-3-7(8)12-6-2-5-11-12/h2,5-7H,1,3-4H2. The van der Waals surface area contributed by atoms with Crippen LogP contribution >= 0.6 is 0 Å². The van der Waals surface area contributed by atoms with E-state index in [1.54, 1.807) is 12.3 Å². The Morgan fingerprint density at radius 1 is 1.50 bits per heavy atom. The Morgan fingerprint density at radius 3 is 2.83 bits per heavy atom. The molecular weight excluding hydrogens is 162 g/mol. The molecule has 0 aromatic carbocycles. The van der Waals surface area contributed by atoms with Crippen molar-refractivity contribution in [1.29, 1.82) is 0 Å². The lowest BCUT2D eigenvalue weighted by Gasteiger charge is -2.18. The van der Waals surface area contributed by atoms with Crippen LogP contribution in [-0.4, -0.2) is 15.7 Å². The average Bonchev–Trinajstić information content (AvgIpc) is 2.55. The zero-order chi connectivity index (χ0) is 8.60. The summed E-state index contributed by atoms with van der Waals surface area (Å²) in [7, 11) is 0. The number of aromatic nitrogens is 2. The second kappa shape index (κ2) is 2.54. The molecule has 12 heavy (non-hydrogen) atoms. The first-order valence-electron chi connectivity index (χ1n) is 4.07. The quantitative estimate of drug-likeness (QED) is 0.635. The van der Waals surface area contributed by atoms with Gasteiger partial charge in [-0.15, -0.1) is 0 Å². The molecule has 1 aromatic heterocycles. The first-order valence-corrected chi connectivity index (χ1v) is 4.07. The number of hydrogen-bond acceptors (Lipinski definition) is 1. The summed E-state index contributed by atoms with van der Waals surface area (Å²) in [5.41, 5.74) is 0. The lowest BCUT2D eigenvalue weighted by atomic mass is 10.2. The highest BCUT2D eigenvalue weighted by atomic mass is 19.3. The molecule has 1 saturated carbocycles. The van der Waals surface area contributed by atoms with Crippen LogP contribution in [0.15, 0.2) is 18.5 Å². The Hall–Kier alpha value is -0.930. The molecule has 1 aliphatic carbocycles. The number of alkyl halides is 2. The van der Waals surface area contributed by atoms with Crippen molar-refractivity contribution in [2.75, 3.05) is 0 Å². The molecule has 1 atom stereocenters. The zero-order valence-electron chi connectivity index (χ0n) is 6.58. The summed E-state index contributed by atoms with van der Waals surface area (Å²) in [6, 6.07) is 0.960. The van der Waals surface area contributed by atoms with E-state index in [1.165, 1.54) is 10.9 Å². The molecular formula is C8H10F2N2. The Balaban J connectivity index is 2.25. The van der Waals surface area contributed by atoms with Gasteiger partial charge in [0.15, 0.2) is 0 Å². The third-order valence-corrected chi connectivity index (χ3v) is 2.32. The van der Waals surface area contributed by atoms with Gasteiger partial charge in [-0.1, -0.05) is 0 Å². The van der Waals surface area contributed by atoms with Gasteiger partial charge in [0.05, 0.1) is 0 Å². The molecule has 0 radical (unpaired) electrons. The fourth-order valence-corrected chi connectivity index (χ4v) is 1.70. The molecule has 0 amide bonds. The van der Waals surface area contributed by atoms with Crippen LogP contribution in [0.1, 0.15) is 25.3 Å². The molecule has 0 spiro atoms. The summed E-state index contributed by atoms with van der Waals surface area (Å²) in [6.45, 7) is 0. The molecule has 0 N–H and O–H groups in total. The van der Waals surface area contributed by atoms with E-state index >= 15 is 0 Å². The number of rotatable bonds is 1. The van der Waals surface area contributed by atoms with Crippen molar-refractivity contribution >= 4 is 0 Å².